The minimum Gasteiger partial charge on any atom is -0.478 e. The van der Waals surface area contributed by atoms with Crippen molar-refractivity contribution in [3.8, 4) is 21.6 Å². The van der Waals surface area contributed by atoms with Crippen LogP contribution in [0.25, 0.3) is 21.6 Å². The molecule has 1 saturated heterocycles. The van der Waals surface area contributed by atoms with E-state index >= 15 is 0 Å². The molecule has 1 atom stereocenters. The molecule has 3 aromatic rings. The number of nitrogens with zero attached hydrogens (tertiary/aromatic N) is 1. The van der Waals surface area contributed by atoms with Crippen LogP contribution in [0.4, 0.5) is 18.2 Å². The molecule has 0 saturated carbocycles. The van der Waals surface area contributed by atoms with Gasteiger partial charge in [0.15, 0.2) is 11.6 Å². The van der Waals surface area contributed by atoms with Crippen LogP contribution in [0.5, 0.6) is 0 Å². The van der Waals surface area contributed by atoms with E-state index in [-0.39, 0.29) is 17.7 Å². The van der Waals surface area contributed by atoms with Gasteiger partial charge in [0.2, 0.25) is 0 Å². The van der Waals surface area contributed by atoms with Gasteiger partial charge < -0.3 is 10.0 Å². The second kappa shape index (κ2) is 7.31. The van der Waals surface area contributed by atoms with Crippen LogP contribution in [0.3, 0.4) is 0 Å². The number of aromatic carboxylic acids is 1. The molecule has 0 amide bonds. The molecule has 0 radical (unpaired) electrons. The van der Waals surface area contributed by atoms with Gasteiger partial charge in [0.25, 0.3) is 0 Å². The molecule has 3 nitrogen and oxygen atoms in total. The maximum atomic E-state index is 14.5. The van der Waals surface area contributed by atoms with Gasteiger partial charge in [-0.3, -0.25) is 0 Å². The van der Waals surface area contributed by atoms with Crippen LogP contribution >= 0.6 is 11.3 Å². The monoisotopic (exact) mass is 403 g/mol. The van der Waals surface area contributed by atoms with Crippen LogP contribution in [0.15, 0.2) is 48.5 Å². The first kappa shape index (κ1) is 18.6. The zero-order chi connectivity index (χ0) is 19.8. The number of anilines is 1. The topological polar surface area (TPSA) is 40.5 Å². The summed E-state index contributed by atoms with van der Waals surface area (Å²) in [5.74, 6) is -3.08. The molecular formula is C21H16F3NO2S. The Balaban J connectivity index is 1.93. The molecule has 1 aliphatic heterocycles. The van der Waals surface area contributed by atoms with Crippen molar-refractivity contribution in [2.75, 3.05) is 18.0 Å². The van der Waals surface area contributed by atoms with Crippen LogP contribution < -0.4 is 4.90 Å². The van der Waals surface area contributed by atoms with Gasteiger partial charge >= 0.3 is 5.97 Å². The van der Waals surface area contributed by atoms with E-state index in [2.05, 4.69) is 0 Å². The summed E-state index contributed by atoms with van der Waals surface area (Å²) in [7, 11) is 0. The first-order valence-corrected chi connectivity index (χ1v) is 9.57. The summed E-state index contributed by atoms with van der Waals surface area (Å²) in [5.41, 5.74) is 0.932. The van der Waals surface area contributed by atoms with Crippen molar-refractivity contribution in [1.82, 2.24) is 0 Å². The largest absolute Gasteiger partial charge is 0.478 e. The van der Waals surface area contributed by atoms with Crippen molar-refractivity contribution < 1.29 is 23.1 Å². The van der Waals surface area contributed by atoms with Gasteiger partial charge in [0.1, 0.15) is 6.17 Å². The molecule has 2 heterocycles. The van der Waals surface area contributed by atoms with E-state index in [9.17, 15) is 23.1 Å². The Kier molecular flexibility index (Phi) is 4.85. The molecule has 28 heavy (non-hydrogen) atoms. The molecule has 0 spiro atoms. The number of hydrogen-bond acceptors (Lipinski definition) is 3. The highest BCUT2D eigenvalue weighted by Gasteiger charge is 2.27. The Morgan fingerprint density at radius 1 is 1.07 bits per heavy atom. The van der Waals surface area contributed by atoms with Gasteiger partial charge in [-0.05, 0) is 24.6 Å². The lowest BCUT2D eigenvalue weighted by molar-refractivity contribution is 0.0697. The summed E-state index contributed by atoms with van der Waals surface area (Å²) in [5, 5.41) is 10.3. The minimum absolute atomic E-state index is 0.0497. The van der Waals surface area contributed by atoms with E-state index in [1.165, 1.54) is 29.5 Å². The second-order valence-electron chi connectivity index (χ2n) is 6.61. The smallest absolute Gasteiger partial charge is 0.336 e. The van der Waals surface area contributed by atoms with Gasteiger partial charge in [-0.1, -0.05) is 30.3 Å². The van der Waals surface area contributed by atoms with Crippen LogP contribution in [0.2, 0.25) is 0 Å². The molecule has 4 rings (SSSR count). The number of alkyl halides is 1. The molecule has 1 fully saturated rings. The van der Waals surface area contributed by atoms with Gasteiger partial charge in [-0.15, -0.1) is 11.3 Å². The van der Waals surface area contributed by atoms with Crippen molar-refractivity contribution in [2.45, 2.75) is 12.6 Å². The highest BCUT2D eigenvalue weighted by atomic mass is 32.1. The van der Waals surface area contributed by atoms with Crippen LogP contribution in [0.1, 0.15) is 16.8 Å². The van der Waals surface area contributed by atoms with Crippen molar-refractivity contribution in [3.05, 3.63) is 65.7 Å². The Morgan fingerprint density at radius 3 is 2.54 bits per heavy atom. The van der Waals surface area contributed by atoms with E-state index in [1.807, 2.05) is 4.90 Å². The number of carboxylic acids is 1. The molecular weight excluding hydrogens is 387 g/mol. The van der Waals surface area contributed by atoms with Crippen molar-refractivity contribution >= 4 is 22.3 Å². The molecule has 1 aromatic heterocycles. The molecule has 144 valence electrons. The Morgan fingerprint density at radius 2 is 1.82 bits per heavy atom. The van der Waals surface area contributed by atoms with Gasteiger partial charge in [-0.2, -0.15) is 0 Å². The van der Waals surface area contributed by atoms with Gasteiger partial charge in [-0.25, -0.2) is 18.0 Å². The predicted octanol–water partition coefficient (Wildman–Crippen LogP) is 5.61. The zero-order valence-electron chi connectivity index (χ0n) is 14.7. The maximum absolute atomic E-state index is 14.5. The average Bonchev–Trinajstić information content (AvgIpc) is 3.30. The summed E-state index contributed by atoms with van der Waals surface area (Å²) in [6, 6.07) is 12.0. The number of carbonyl (C=O) groups is 1. The lowest BCUT2D eigenvalue weighted by Crippen LogP contribution is -2.18. The number of halogens is 3. The van der Waals surface area contributed by atoms with E-state index in [4.69, 9.17) is 0 Å². The summed E-state index contributed by atoms with van der Waals surface area (Å²) >= 11 is 1.26. The van der Waals surface area contributed by atoms with E-state index in [0.29, 0.717) is 34.0 Å². The first-order chi connectivity index (χ1) is 13.5. The van der Waals surface area contributed by atoms with E-state index in [1.54, 1.807) is 24.3 Å². The lowest BCUT2D eigenvalue weighted by Gasteiger charge is -2.14. The summed E-state index contributed by atoms with van der Waals surface area (Å²) in [6.07, 6.45) is -0.533. The molecule has 0 aliphatic carbocycles. The minimum atomic E-state index is -1.11. The highest BCUT2D eigenvalue weighted by Crippen LogP contribution is 2.46. The summed E-state index contributed by atoms with van der Waals surface area (Å²) in [6.45, 7) is 0.748. The van der Waals surface area contributed by atoms with Crippen molar-refractivity contribution in [3.63, 3.8) is 0 Å². The average molecular weight is 403 g/mol. The Hall–Kier alpha value is -2.80. The quantitative estimate of drug-likeness (QED) is 0.616. The number of rotatable bonds is 4. The lowest BCUT2D eigenvalue weighted by atomic mass is 9.98. The summed E-state index contributed by atoms with van der Waals surface area (Å²) < 4.78 is 42.0. The van der Waals surface area contributed by atoms with Crippen molar-refractivity contribution in [1.29, 1.82) is 0 Å². The molecule has 2 aromatic carbocycles. The SMILES string of the molecule is O=C(O)c1ccccc1-c1sc(N2CCC(F)C2)cc1-c1cccc(F)c1F. The van der Waals surface area contributed by atoms with Crippen LogP contribution in [0, 0.1) is 11.6 Å². The maximum Gasteiger partial charge on any atom is 0.336 e. The molecule has 1 unspecified atom stereocenters. The summed E-state index contributed by atoms with van der Waals surface area (Å²) in [4.78, 5) is 14.0. The third kappa shape index (κ3) is 3.26. The standard InChI is InChI=1S/C21H16F3NO2S/c22-12-8-9-25(11-12)18-10-16(13-6-3-7-17(23)19(13)24)20(28-18)14-4-1-2-5-15(14)21(26)27/h1-7,10,12H,8-9,11H2,(H,26,27). The van der Waals surface area contributed by atoms with Crippen molar-refractivity contribution in [2.24, 2.45) is 0 Å². The molecule has 1 N–H and O–H groups in total. The van der Waals surface area contributed by atoms with Gasteiger partial charge in [0, 0.05) is 34.7 Å². The second-order valence-corrected chi connectivity index (χ2v) is 7.64. The third-order valence-electron chi connectivity index (χ3n) is 4.81. The zero-order valence-corrected chi connectivity index (χ0v) is 15.5. The van der Waals surface area contributed by atoms with Gasteiger partial charge in [0.05, 0.1) is 10.6 Å². The van der Waals surface area contributed by atoms with Crippen LogP contribution in [-0.4, -0.2) is 30.3 Å². The Labute approximate surface area is 163 Å². The number of benzene rings is 2. The predicted molar refractivity (Wildman–Crippen MR) is 104 cm³/mol. The van der Waals surface area contributed by atoms with Crippen LogP contribution in [-0.2, 0) is 0 Å². The fraction of sp³-hybridized carbons (Fsp3) is 0.190. The molecule has 7 heteroatoms. The highest BCUT2D eigenvalue weighted by molar-refractivity contribution is 7.20. The van der Waals surface area contributed by atoms with E-state index in [0.717, 1.165) is 6.07 Å². The number of carboxylic acid groups (broad SMARTS) is 1. The number of thiophene rings is 1. The first-order valence-electron chi connectivity index (χ1n) is 8.75. The third-order valence-corrected chi connectivity index (χ3v) is 6.03. The molecule has 1 aliphatic rings. The Bertz CT molecular complexity index is 1050. The van der Waals surface area contributed by atoms with E-state index < -0.39 is 23.8 Å². The molecule has 0 bridgehead atoms. The fourth-order valence-corrected chi connectivity index (χ4v) is 4.68. The normalized spacial score (nSPS) is 16.5. The fourth-order valence-electron chi connectivity index (χ4n) is 3.43. The number of hydrogen-bond donors (Lipinski definition) is 1.